The van der Waals surface area contributed by atoms with Gasteiger partial charge in [0.05, 0.1) is 13.2 Å². The lowest BCUT2D eigenvalue weighted by molar-refractivity contribution is -0.132. The Kier molecular flexibility index (Phi) is 4.47. The van der Waals surface area contributed by atoms with E-state index in [9.17, 15) is 9.59 Å². The second-order valence-electron chi connectivity index (χ2n) is 3.30. The van der Waals surface area contributed by atoms with Gasteiger partial charge in [-0.1, -0.05) is 0 Å². The van der Waals surface area contributed by atoms with Gasteiger partial charge in [-0.15, -0.1) is 0 Å². The molecule has 1 unspecified atom stereocenters. The van der Waals surface area contributed by atoms with E-state index in [4.69, 9.17) is 10.6 Å². The molecular formula is C8H16N4O3. The van der Waals surface area contributed by atoms with Crippen molar-refractivity contribution in [2.45, 2.75) is 6.04 Å². The minimum atomic E-state index is -0.508. The highest BCUT2D eigenvalue weighted by atomic mass is 16.5. The van der Waals surface area contributed by atoms with Gasteiger partial charge in [0.15, 0.2) is 0 Å². The van der Waals surface area contributed by atoms with Gasteiger partial charge in [0.25, 0.3) is 5.91 Å². The molecule has 2 amide bonds. The van der Waals surface area contributed by atoms with E-state index in [1.54, 1.807) is 4.90 Å². The maximum absolute atomic E-state index is 11.4. The van der Waals surface area contributed by atoms with E-state index in [1.165, 1.54) is 7.11 Å². The zero-order chi connectivity index (χ0) is 11.3. The largest absolute Gasteiger partial charge is 0.383 e. The number of nitrogens with zero attached hydrogens (tertiary/aromatic N) is 1. The fourth-order valence-corrected chi connectivity index (χ4v) is 1.53. The van der Waals surface area contributed by atoms with Crippen molar-refractivity contribution >= 4 is 11.8 Å². The first-order chi connectivity index (χ1) is 7.19. The number of amides is 2. The number of rotatable bonds is 4. The fourth-order valence-electron chi connectivity index (χ4n) is 1.53. The molecule has 1 heterocycles. The number of nitrogens with one attached hydrogen (secondary N) is 2. The van der Waals surface area contributed by atoms with E-state index in [-0.39, 0.29) is 25.0 Å². The smallest absolute Gasteiger partial charge is 0.253 e. The van der Waals surface area contributed by atoms with Crippen LogP contribution in [0, 0.1) is 0 Å². The first-order valence-corrected chi connectivity index (χ1v) is 4.69. The second-order valence-corrected chi connectivity index (χ2v) is 3.30. The van der Waals surface area contributed by atoms with Gasteiger partial charge >= 0.3 is 0 Å². The molecule has 0 aromatic carbocycles. The average molecular weight is 216 g/mol. The first-order valence-electron chi connectivity index (χ1n) is 4.69. The Bertz CT molecular complexity index is 246. The predicted molar refractivity (Wildman–Crippen MR) is 52.6 cm³/mol. The van der Waals surface area contributed by atoms with Crippen molar-refractivity contribution in [3.8, 4) is 0 Å². The molecule has 1 aliphatic rings. The van der Waals surface area contributed by atoms with E-state index in [2.05, 4.69) is 10.7 Å². The molecule has 7 nitrogen and oxygen atoms in total. The highest BCUT2D eigenvalue weighted by Crippen LogP contribution is 2.02. The Hall–Kier alpha value is -1.18. The number of hydrogen-bond acceptors (Lipinski definition) is 5. The number of methoxy groups -OCH3 is 1. The van der Waals surface area contributed by atoms with Gasteiger partial charge in [-0.3, -0.25) is 19.9 Å². The first kappa shape index (κ1) is 11.9. The van der Waals surface area contributed by atoms with Crippen LogP contribution in [0.3, 0.4) is 0 Å². The van der Waals surface area contributed by atoms with Crippen LogP contribution in [0.2, 0.25) is 0 Å². The van der Waals surface area contributed by atoms with Crippen LogP contribution in [0.15, 0.2) is 0 Å². The SMILES string of the molecule is COCC(C(=O)NN)N1CCNC(=O)C1. The number of carbonyl (C=O) groups is 2. The molecule has 1 fully saturated rings. The zero-order valence-electron chi connectivity index (χ0n) is 8.66. The van der Waals surface area contributed by atoms with Gasteiger partial charge in [0.2, 0.25) is 5.91 Å². The van der Waals surface area contributed by atoms with Crippen molar-refractivity contribution in [3.05, 3.63) is 0 Å². The second kappa shape index (κ2) is 5.64. The highest BCUT2D eigenvalue weighted by molar-refractivity contribution is 5.83. The van der Waals surface area contributed by atoms with Crippen LogP contribution in [0.25, 0.3) is 0 Å². The van der Waals surface area contributed by atoms with Crippen LogP contribution < -0.4 is 16.6 Å². The predicted octanol–water partition coefficient (Wildman–Crippen LogP) is -2.58. The quantitative estimate of drug-likeness (QED) is 0.272. The molecule has 4 N–H and O–H groups in total. The van der Waals surface area contributed by atoms with Crippen LogP contribution >= 0.6 is 0 Å². The molecule has 0 aromatic heterocycles. The van der Waals surface area contributed by atoms with Gasteiger partial charge in [-0.05, 0) is 0 Å². The molecule has 0 spiro atoms. The Morgan fingerprint density at radius 2 is 2.53 bits per heavy atom. The van der Waals surface area contributed by atoms with Crippen molar-refractivity contribution in [3.63, 3.8) is 0 Å². The Labute approximate surface area is 87.9 Å². The van der Waals surface area contributed by atoms with Crippen molar-refractivity contribution in [1.82, 2.24) is 15.6 Å². The molecule has 0 radical (unpaired) electrons. The van der Waals surface area contributed by atoms with Gasteiger partial charge in [0.1, 0.15) is 6.04 Å². The number of carbonyl (C=O) groups excluding carboxylic acids is 2. The Balaban J connectivity index is 2.61. The third-order valence-corrected chi connectivity index (χ3v) is 2.28. The Morgan fingerprint density at radius 1 is 1.80 bits per heavy atom. The van der Waals surface area contributed by atoms with Gasteiger partial charge in [-0.25, -0.2) is 5.84 Å². The maximum atomic E-state index is 11.4. The van der Waals surface area contributed by atoms with Gasteiger partial charge in [0, 0.05) is 20.2 Å². The van der Waals surface area contributed by atoms with Crippen molar-refractivity contribution in [2.24, 2.45) is 5.84 Å². The van der Waals surface area contributed by atoms with E-state index < -0.39 is 6.04 Å². The average Bonchev–Trinajstić information content (AvgIpc) is 2.25. The summed E-state index contributed by atoms with van der Waals surface area (Å²) in [5.74, 6) is 4.63. The molecule has 15 heavy (non-hydrogen) atoms. The van der Waals surface area contributed by atoms with E-state index in [0.29, 0.717) is 13.1 Å². The lowest BCUT2D eigenvalue weighted by atomic mass is 10.2. The zero-order valence-corrected chi connectivity index (χ0v) is 8.66. The van der Waals surface area contributed by atoms with Crippen LogP contribution in [0.4, 0.5) is 0 Å². The molecule has 1 saturated heterocycles. The summed E-state index contributed by atoms with van der Waals surface area (Å²) >= 11 is 0. The van der Waals surface area contributed by atoms with Crippen molar-refractivity contribution in [2.75, 3.05) is 33.4 Å². The molecule has 7 heteroatoms. The lowest BCUT2D eigenvalue weighted by Gasteiger charge is -2.32. The number of hydrogen-bond donors (Lipinski definition) is 3. The molecule has 0 aromatic rings. The summed E-state index contributed by atoms with van der Waals surface area (Å²) in [4.78, 5) is 24.3. The number of nitrogens with two attached hydrogens (primary N) is 1. The normalized spacial score (nSPS) is 19.5. The third-order valence-electron chi connectivity index (χ3n) is 2.28. The fraction of sp³-hybridized carbons (Fsp3) is 0.750. The van der Waals surface area contributed by atoms with Gasteiger partial charge in [-0.2, -0.15) is 0 Å². The summed E-state index contributed by atoms with van der Waals surface area (Å²) in [6, 6.07) is -0.508. The summed E-state index contributed by atoms with van der Waals surface area (Å²) in [7, 11) is 1.50. The summed E-state index contributed by atoms with van der Waals surface area (Å²) < 4.78 is 4.93. The minimum Gasteiger partial charge on any atom is -0.383 e. The van der Waals surface area contributed by atoms with E-state index >= 15 is 0 Å². The monoisotopic (exact) mass is 216 g/mol. The number of hydrazine groups is 1. The van der Waals surface area contributed by atoms with E-state index in [1.807, 2.05) is 0 Å². The molecule has 0 saturated carbocycles. The van der Waals surface area contributed by atoms with Crippen LogP contribution in [0.5, 0.6) is 0 Å². The minimum absolute atomic E-state index is 0.0906. The molecule has 0 aliphatic carbocycles. The van der Waals surface area contributed by atoms with E-state index in [0.717, 1.165) is 0 Å². The molecule has 1 aliphatic heterocycles. The van der Waals surface area contributed by atoms with Gasteiger partial charge < -0.3 is 10.1 Å². The standard InChI is InChI=1S/C8H16N4O3/c1-15-5-6(8(14)11-9)12-3-2-10-7(13)4-12/h6H,2-5,9H2,1H3,(H,10,13)(H,11,14). The topological polar surface area (TPSA) is 96.7 Å². The summed E-state index contributed by atoms with van der Waals surface area (Å²) in [5, 5.41) is 2.68. The third kappa shape index (κ3) is 3.15. The lowest BCUT2D eigenvalue weighted by Crippen LogP contribution is -2.58. The Morgan fingerprint density at radius 3 is 3.07 bits per heavy atom. The van der Waals surface area contributed by atoms with Crippen LogP contribution in [-0.2, 0) is 14.3 Å². The van der Waals surface area contributed by atoms with Crippen LogP contribution in [-0.4, -0.2) is 56.1 Å². The molecular weight excluding hydrogens is 200 g/mol. The summed E-state index contributed by atoms with van der Waals surface area (Å²) in [6.45, 7) is 1.57. The molecule has 1 atom stereocenters. The van der Waals surface area contributed by atoms with Crippen molar-refractivity contribution in [1.29, 1.82) is 0 Å². The number of ether oxygens (including phenoxy) is 1. The van der Waals surface area contributed by atoms with Crippen molar-refractivity contribution < 1.29 is 14.3 Å². The molecule has 0 bridgehead atoms. The summed E-state index contributed by atoms with van der Waals surface area (Å²) in [6.07, 6.45) is 0. The number of piperazine rings is 1. The van der Waals surface area contributed by atoms with Crippen LogP contribution in [0.1, 0.15) is 0 Å². The molecule has 86 valence electrons. The maximum Gasteiger partial charge on any atom is 0.253 e. The summed E-state index contributed by atoms with van der Waals surface area (Å²) in [5.41, 5.74) is 2.07. The highest BCUT2D eigenvalue weighted by Gasteiger charge is 2.29. The molecule has 1 rings (SSSR count).